The van der Waals surface area contributed by atoms with E-state index in [1.54, 1.807) is 0 Å². The molecule has 1 saturated carbocycles. The van der Waals surface area contributed by atoms with Gasteiger partial charge in [0.1, 0.15) is 0 Å². The van der Waals surface area contributed by atoms with Crippen LogP contribution in [0.4, 0.5) is 4.79 Å². The minimum Gasteiger partial charge on any atom is -0.465 e. The van der Waals surface area contributed by atoms with Crippen LogP contribution in [0.25, 0.3) is 0 Å². The van der Waals surface area contributed by atoms with Crippen LogP contribution < -0.4 is 0 Å². The van der Waals surface area contributed by atoms with Crippen molar-refractivity contribution in [1.82, 2.24) is 4.90 Å². The van der Waals surface area contributed by atoms with E-state index in [9.17, 15) is 4.79 Å². The predicted molar refractivity (Wildman–Crippen MR) is 83.5 cm³/mol. The number of hydrogen-bond acceptors (Lipinski definition) is 2. The van der Waals surface area contributed by atoms with Gasteiger partial charge in [-0.3, -0.25) is 0 Å². The molecule has 0 spiro atoms. The molecule has 1 aliphatic heterocycles. The Balaban J connectivity index is 1.53. The van der Waals surface area contributed by atoms with Crippen molar-refractivity contribution < 1.29 is 14.6 Å². The summed E-state index contributed by atoms with van der Waals surface area (Å²) in [6.07, 6.45) is 1.30. The van der Waals surface area contributed by atoms with E-state index in [0.29, 0.717) is 36.6 Å². The molecule has 1 aliphatic carbocycles. The maximum absolute atomic E-state index is 11.0. The van der Waals surface area contributed by atoms with Crippen LogP contribution in [0.1, 0.15) is 18.4 Å². The molecule has 0 aromatic heterocycles. The van der Waals surface area contributed by atoms with Gasteiger partial charge in [0.25, 0.3) is 0 Å². The van der Waals surface area contributed by atoms with Gasteiger partial charge in [-0.1, -0.05) is 23.7 Å². The first-order valence-corrected chi connectivity index (χ1v) is 8.24. The van der Waals surface area contributed by atoms with Gasteiger partial charge in [-0.15, -0.1) is 0 Å². The van der Waals surface area contributed by atoms with E-state index in [1.165, 1.54) is 4.90 Å². The van der Waals surface area contributed by atoms with E-state index < -0.39 is 6.09 Å². The van der Waals surface area contributed by atoms with Crippen LogP contribution in [0.2, 0.25) is 5.02 Å². The Morgan fingerprint density at radius 1 is 1.38 bits per heavy atom. The zero-order chi connectivity index (χ0) is 15.0. The predicted octanol–water partition coefficient (Wildman–Crippen LogP) is 4.01. The Labute approximate surface area is 137 Å². The van der Waals surface area contributed by atoms with E-state index in [1.807, 2.05) is 18.2 Å². The molecule has 6 heteroatoms. The molecule has 0 bridgehead atoms. The van der Waals surface area contributed by atoms with E-state index in [0.717, 1.165) is 22.9 Å². The summed E-state index contributed by atoms with van der Waals surface area (Å²) in [6.45, 7) is 1.81. The maximum atomic E-state index is 11.0. The lowest BCUT2D eigenvalue weighted by atomic mass is 10.0. The van der Waals surface area contributed by atoms with Gasteiger partial charge >= 0.3 is 6.09 Å². The van der Waals surface area contributed by atoms with Crippen molar-refractivity contribution in [2.45, 2.75) is 25.6 Å². The number of ether oxygens (including phenoxy) is 1. The number of hydrogen-bond donors (Lipinski definition) is 1. The summed E-state index contributed by atoms with van der Waals surface area (Å²) >= 11 is 9.64. The Morgan fingerprint density at radius 3 is 2.67 bits per heavy atom. The summed E-state index contributed by atoms with van der Waals surface area (Å²) in [5.41, 5.74) is 0.982. The number of carbonyl (C=O) groups is 1. The number of amides is 1. The third kappa shape index (κ3) is 3.20. The van der Waals surface area contributed by atoms with Crippen molar-refractivity contribution >= 4 is 33.6 Å². The van der Waals surface area contributed by atoms with E-state index >= 15 is 0 Å². The summed E-state index contributed by atoms with van der Waals surface area (Å²) < 4.78 is 6.87. The highest BCUT2D eigenvalue weighted by Gasteiger charge is 2.42. The van der Waals surface area contributed by atoms with Crippen molar-refractivity contribution in [3.63, 3.8) is 0 Å². The van der Waals surface area contributed by atoms with Crippen LogP contribution in [0.5, 0.6) is 0 Å². The van der Waals surface area contributed by atoms with Crippen LogP contribution in [0, 0.1) is 11.8 Å². The molecule has 2 fully saturated rings. The van der Waals surface area contributed by atoms with Gasteiger partial charge in [-0.25, -0.2) is 4.79 Å². The highest BCUT2D eigenvalue weighted by Crippen LogP contribution is 2.40. The van der Waals surface area contributed by atoms with E-state index in [-0.39, 0.29) is 6.10 Å². The number of halogens is 2. The van der Waals surface area contributed by atoms with Crippen LogP contribution in [0.3, 0.4) is 0 Å². The van der Waals surface area contributed by atoms with Crippen molar-refractivity contribution in [3.05, 3.63) is 33.3 Å². The van der Waals surface area contributed by atoms with Crippen molar-refractivity contribution in [2.24, 2.45) is 11.8 Å². The molecule has 1 aromatic rings. The zero-order valence-corrected chi connectivity index (χ0v) is 13.8. The van der Waals surface area contributed by atoms with E-state index in [4.69, 9.17) is 21.4 Å². The maximum Gasteiger partial charge on any atom is 0.407 e. The normalized spacial score (nSPS) is 27.9. The molecule has 1 amide bonds. The van der Waals surface area contributed by atoms with Gasteiger partial charge in [0.05, 0.1) is 17.7 Å². The minimum atomic E-state index is -0.803. The molecule has 3 atom stereocenters. The third-order valence-corrected chi connectivity index (χ3v) is 5.82. The van der Waals surface area contributed by atoms with Crippen molar-refractivity contribution in [1.29, 1.82) is 0 Å². The number of likely N-dealkylation sites (tertiary alicyclic amines) is 1. The molecule has 1 N–H and O–H groups in total. The smallest absolute Gasteiger partial charge is 0.407 e. The Kier molecular flexibility index (Phi) is 4.43. The third-order valence-electron chi connectivity index (χ3n) is 4.48. The number of nitrogens with zero attached hydrogens (tertiary/aromatic N) is 1. The fraction of sp³-hybridized carbons (Fsp3) is 0.533. The first kappa shape index (κ1) is 15.1. The first-order valence-electron chi connectivity index (χ1n) is 7.07. The molecule has 4 nitrogen and oxygen atoms in total. The van der Waals surface area contributed by atoms with Crippen molar-refractivity contribution in [3.8, 4) is 0 Å². The summed E-state index contributed by atoms with van der Waals surface area (Å²) in [7, 11) is 0. The lowest BCUT2D eigenvalue weighted by molar-refractivity contribution is 0.0376. The topological polar surface area (TPSA) is 49.8 Å². The number of benzene rings is 1. The van der Waals surface area contributed by atoms with Gasteiger partial charge in [0.2, 0.25) is 0 Å². The molecule has 3 rings (SSSR count). The molecule has 1 heterocycles. The molecule has 0 unspecified atom stereocenters. The van der Waals surface area contributed by atoms with Crippen LogP contribution >= 0.6 is 27.5 Å². The largest absolute Gasteiger partial charge is 0.465 e. The molecule has 2 aliphatic rings. The lowest BCUT2D eigenvalue weighted by Gasteiger charge is -2.17. The minimum absolute atomic E-state index is 0.214. The fourth-order valence-electron chi connectivity index (χ4n) is 3.40. The fourth-order valence-corrected chi connectivity index (χ4v) is 3.99. The molecular weight excluding hydrogens is 358 g/mol. The number of fused-ring (bicyclic) bond motifs is 1. The molecule has 1 saturated heterocycles. The summed E-state index contributed by atoms with van der Waals surface area (Å²) in [5, 5.41) is 9.72. The second kappa shape index (κ2) is 6.15. The average Bonchev–Trinajstić information content (AvgIpc) is 2.98. The Hall–Kier alpha value is -0.780. The summed E-state index contributed by atoms with van der Waals surface area (Å²) in [6, 6.07) is 5.82. The SMILES string of the molecule is O=C(O)N1C[C@H]2C[C@@H](OCc3cccc(Br)c3Cl)C[C@H]2C1. The molecule has 114 valence electrons. The summed E-state index contributed by atoms with van der Waals surface area (Å²) in [4.78, 5) is 12.5. The highest BCUT2D eigenvalue weighted by molar-refractivity contribution is 9.10. The standard InChI is InChI=1S/C15H17BrClNO3/c16-13-3-1-2-9(14(13)17)8-21-12-4-10-6-18(15(19)20)7-11(10)5-12/h1-3,10-12H,4-8H2,(H,19,20)/t10-,11+,12-. The molecule has 1 aromatic carbocycles. The lowest BCUT2D eigenvalue weighted by Crippen LogP contribution is -2.28. The Morgan fingerprint density at radius 2 is 2.05 bits per heavy atom. The van der Waals surface area contributed by atoms with Crippen LogP contribution in [0.15, 0.2) is 22.7 Å². The average molecular weight is 375 g/mol. The van der Waals surface area contributed by atoms with Gasteiger partial charge in [-0.05, 0) is 52.2 Å². The van der Waals surface area contributed by atoms with Crippen LogP contribution in [-0.2, 0) is 11.3 Å². The monoisotopic (exact) mass is 373 g/mol. The van der Waals surface area contributed by atoms with Crippen LogP contribution in [-0.4, -0.2) is 35.3 Å². The van der Waals surface area contributed by atoms with Crippen molar-refractivity contribution in [2.75, 3.05) is 13.1 Å². The summed E-state index contributed by atoms with van der Waals surface area (Å²) in [5.74, 6) is 0.896. The molecule has 21 heavy (non-hydrogen) atoms. The second-order valence-electron chi connectivity index (χ2n) is 5.83. The van der Waals surface area contributed by atoms with Gasteiger partial charge < -0.3 is 14.7 Å². The second-order valence-corrected chi connectivity index (χ2v) is 7.06. The quantitative estimate of drug-likeness (QED) is 0.870. The van der Waals surface area contributed by atoms with Gasteiger partial charge in [0, 0.05) is 17.6 Å². The van der Waals surface area contributed by atoms with Gasteiger partial charge in [-0.2, -0.15) is 0 Å². The number of carboxylic acid groups (broad SMARTS) is 1. The highest BCUT2D eigenvalue weighted by atomic mass is 79.9. The zero-order valence-electron chi connectivity index (χ0n) is 11.5. The molecular formula is C15H17BrClNO3. The van der Waals surface area contributed by atoms with E-state index in [2.05, 4.69) is 15.9 Å². The van der Waals surface area contributed by atoms with Gasteiger partial charge in [0.15, 0.2) is 0 Å². The first-order chi connectivity index (χ1) is 10.0. The number of rotatable bonds is 3. The molecule has 0 radical (unpaired) electrons. The Bertz CT molecular complexity index is 540.